The van der Waals surface area contributed by atoms with Crippen molar-refractivity contribution in [2.75, 3.05) is 5.75 Å². The first-order chi connectivity index (χ1) is 10.0. The minimum atomic E-state index is -1.19. The van der Waals surface area contributed by atoms with Crippen LogP contribution in [0.2, 0.25) is 0 Å². The predicted octanol–water partition coefficient (Wildman–Crippen LogP) is 2.74. The number of hydrogen-bond donors (Lipinski definition) is 2. The average Bonchev–Trinajstić information content (AvgIpc) is 2.97. The maximum absolute atomic E-state index is 12.0. The topological polar surface area (TPSA) is 75.4 Å². The Kier molecular flexibility index (Phi) is 5.03. The first kappa shape index (κ1) is 15.6. The largest absolute Gasteiger partial charge is 0.480 e. The number of nitrogens with one attached hydrogen (secondary N) is 1. The van der Waals surface area contributed by atoms with Crippen molar-refractivity contribution < 1.29 is 14.3 Å². The molecule has 2 aromatic rings. The number of aromatic nitrogens is 1. The molecule has 0 aliphatic carbocycles. The summed E-state index contributed by atoms with van der Waals surface area (Å²) in [5, 5.41) is 13.5. The standard InChI is InChI=1S/C15H18N2O3S/c1-11(2)17-15(13(18)19,12-6-4-3-5-7-12)10-21-14-16-8-9-20-14/h3-9,11,17H,10H2,1-2H3,(H,18,19). The number of oxazole rings is 1. The van der Waals surface area contributed by atoms with Gasteiger partial charge < -0.3 is 9.52 Å². The highest BCUT2D eigenvalue weighted by atomic mass is 32.2. The molecule has 6 heteroatoms. The minimum absolute atomic E-state index is 0.0199. The zero-order chi connectivity index (χ0) is 15.3. The molecule has 0 aliphatic rings. The molecule has 5 nitrogen and oxygen atoms in total. The Morgan fingerprint density at radius 2 is 2.14 bits per heavy atom. The first-order valence-electron chi connectivity index (χ1n) is 6.63. The summed E-state index contributed by atoms with van der Waals surface area (Å²) in [4.78, 5) is 16.0. The van der Waals surface area contributed by atoms with Gasteiger partial charge in [0, 0.05) is 11.8 Å². The molecule has 1 aromatic carbocycles. The molecule has 0 aliphatic heterocycles. The van der Waals surface area contributed by atoms with Gasteiger partial charge >= 0.3 is 5.97 Å². The van der Waals surface area contributed by atoms with E-state index in [4.69, 9.17) is 4.42 Å². The number of hydrogen-bond acceptors (Lipinski definition) is 5. The third-order valence-electron chi connectivity index (χ3n) is 2.99. The van der Waals surface area contributed by atoms with Crippen molar-refractivity contribution in [3.63, 3.8) is 0 Å². The molecule has 0 saturated heterocycles. The second-order valence-electron chi connectivity index (χ2n) is 4.96. The maximum atomic E-state index is 12.0. The van der Waals surface area contributed by atoms with Crippen molar-refractivity contribution >= 4 is 17.7 Å². The molecule has 0 amide bonds. The monoisotopic (exact) mass is 306 g/mol. The van der Waals surface area contributed by atoms with Gasteiger partial charge in [-0.3, -0.25) is 5.32 Å². The van der Waals surface area contributed by atoms with Crippen LogP contribution in [0.25, 0.3) is 0 Å². The lowest BCUT2D eigenvalue weighted by molar-refractivity contribution is -0.144. The van der Waals surface area contributed by atoms with E-state index < -0.39 is 11.5 Å². The Morgan fingerprint density at radius 1 is 1.43 bits per heavy atom. The molecule has 0 bridgehead atoms. The first-order valence-corrected chi connectivity index (χ1v) is 7.62. The Labute approximate surface area is 127 Å². The van der Waals surface area contributed by atoms with E-state index in [1.165, 1.54) is 18.0 Å². The van der Waals surface area contributed by atoms with E-state index in [2.05, 4.69) is 10.3 Å². The fourth-order valence-electron chi connectivity index (χ4n) is 2.12. The molecule has 2 rings (SSSR count). The number of carboxylic acids is 1. The number of aliphatic carboxylic acids is 1. The number of benzene rings is 1. The van der Waals surface area contributed by atoms with Crippen LogP contribution in [0, 0.1) is 0 Å². The quantitative estimate of drug-likeness (QED) is 0.766. The minimum Gasteiger partial charge on any atom is -0.480 e. The van der Waals surface area contributed by atoms with Gasteiger partial charge in [-0.2, -0.15) is 0 Å². The van der Waals surface area contributed by atoms with E-state index in [1.807, 2.05) is 44.2 Å². The van der Waals surface area contributed by atoms with E-state index >= 15 is 0 Å². The Balaban J connectivity index is 2.33. The molecule has 0 saturated carbocycles. The van der Waals surface area contributed by atoms with Gasteiger partial charge in [0.25, 0.3) is 5.22 Å². The number of rotatable bonds is 7. The van der Waals surface area contributed by atoms with Gasteiger partial charge in [0.05, 0.1) is 6.20 Å². The summed E-state index contributed by atoms with van der Waals surface area (Å²) in [5.41, 5.74) is -0.473. The molecular formula is C15H18N2O3S. The van der Waals surface area contributed by atoms with Crippen molar-refractivity contribution in [3.8, 4) is 0 Å². The molecule has 0 spiro atoms. The van der Waals surface area contributed by atoms with Crippen molar-refractivity contribution in [1.29, 1.82) is 0 Å². The molecule has 2 N–H and O–H groups in total. The number of carboxylic acid groups (broad SMARTS) is 1. The van der Waals surface area contributed by atoms with E-state index in [1.54, 1.807) is 6.20 Å². The molecule has 1 unspecified atom stereocenters. The zero-order valence-corrected chi connectivity index (χ0v) is 12.8. The lowest BCUT2D eigenvalue weighted by atomic mass is 9.91. The Morgan fingerprint density at radius 3 is 2.67 bits per heavy atom. The van der Waals surface area contributed by atoms with Crippen molar-refractivity contribution in [2.45, 2.75) is 30.7 Å². The van der Waals surface area contributed by atoms with Crippen molar-refractivity contribution in [1.82, 2.24) is 10.3 Å². The van der Waals surface area contributed by atoms with Gasteiger partial charge in [-0.25, -0.2) is 9.78 Å². The smallest absolute Gasteiger partial charge is 0.329 e. The van der Waals surface area contributed by atoms with E-state index in [0.717, 1.165) is 0 Å². The molecule has 112 valence electrons. The van der Waals surface area contributed by atoms with Gasteiger partial charge in [-0.05, 0) is 19.4 Å². The van der Waals surface area contributed by atoms with Gasteiger partial charge in [0.1, 0.15) is 6.26 Å². The van der Waals surface area contributed by atoms with E-state index in [-0.39, 0.29) is 11.8 Å². The molecule has 1 aromatic heterocycles. The average molecular weight is 306 g/mol. The summed E-state index contributed by atoms with van der Waals surface area (Å²) >= 11 is 1.28. The Bertz CT molecular complexity index is 572. The summed E-state index contributed by atoms with van der Waals surface area (Å²) in [7, 11) is 0. The van der Waals surface area contributed by atoms with Crippen molar-refractivity contribution in [3.05, 3.63) is 48.4 Å². The van der Waals surface area contributed by atoms with Crippen LogP contribution in [0.3, 0.4) is 0 Å². The van der Waals surface area contributed by atoms with Crippen LogP contribution in [0.1, 0.15) is 19.4 Å². The molecule has 0 radical (unpaired) electrons. The lowest BCUT2D eigenvalue weighted by Crippen LogP contribution is -2.54. The zero-order valence-electron chi connectivity index (χ0n) is 11.9. The fourth-order valence-corrected chi connectivity index (χ4v) is 3.09. The third kappa shape index (κ3) is 3.65. The summed E-state index contributed by atoms with van der Waals surface area (Å²) in [6.07, 6.45) is 3.02. The van der Waals surface area contributed by atoms with Gasteiger partial charge in [-0.1, -0.05) is 42.1 Å². The predicted molar refractivity (Wildman–Crippen MR) is 81.3 cm³/mol. The van der Waals surface area contributed by atoms with Crippen molar-refractivity contribution in [2.24, 2.45) is 0 Å². The van der Waals surface area contributed by atoms with Crippen LogP contribution in [0.5, 0.6) is 0 Å². The van der Waals surface area contributed by atoms with Crippen LogP contribution in [-0.2, 0) is 10.3 Å². The van der Waals surface area contributed by atoms with Crippen LogP contribution < -0.4 is 5.32 Å². The van der Waals surface area contributed by atoms with Crippen LogP contribution in [0.4, 0.5) is 0 Å². The summed E-state index contributed by atoms with van der Waals surface area (Å²) in [5.74, 6) is -0.633. The Hall–Kier alpha value is -1.79. The third-order valence-corrected chi connectivity index (χ3v) is 4.01. The van der Waals surface area contributed by atoms with Gasteiger partial charge in [0.2, 0.25) is 0 Å². The fraction of sp³-hybridized carbons (Fsp3) is 0.333. The molecule has 0 fully saturated rings. The number of carbonyl (C=O) groups is 1. The molecule has 21 heavy (non-hydrogen) atoms. The van der Waals surface area contributed by atoms with Crippen LogP contribution in [0.15, 0.2) is 52.4 Å². The highest BCUT2D eigenvalue weighted by molar-refractivity contribution is 7.99. The SMILES string of the molecule is CC(C)NC(CSc1ncco1)(C(=O)O)c1ccccc1. The van der Waals surface area contributed by atoms with Crippen LogP contribution >= 0.6 is 11.8 Å². The highest BCUT2D eigenvalue weighted by Gasteiger charge is 2.41. The molecule has 1 heterocycles. The highest BCUT2D eigenvalue weighted by Crippen LogP contribution is 2.30. The normalized spacial score (nSPS) is 14.0. The lowest BCUT2D eigenvalue weighted by Gasteiger charge is -2.32. The summed E-state index contributed by atoms with van der Waals surface area (Å²) < 4.78 is 5.18. The van der Waals surface area contributed by atoms with Gasteiger partial charge in [-0.15, -0.1) is 0 Å². The second-order valence-corrected chi connectivity index (χ2v) is 5.89. The number of nitrogens with zero attached hydrogens (tertiary/aromatic N) is 1. The van der Waals surface area contributed by atoms with Crippen LogP contribution in [-0.4, -0.2) is 27.9 Å². The summed E-state index contributed by atoms with van der Waals surface area (Å²) in [6, 6.07) is 9.20. The van der Waals surface area contributed by atoms with E-state index in [0.29, 0.717) is 10.8 Å². The van der Waals surface area contributed by atoms with Gasteiger partial charge in [0.15, 0.2) is 5.54 Å². The van der Waals surface area contributed by atoms with E-state index in [9.17, 15) is 9.90 Å². The maximum Gasteiger partial charge on any atom is 0.329 e. The second kappa shape index (κ2) is 6.78. The molecule has 1 atom stereocenters. The number of thioether (sulfide) groups is 1. The molecular weight excluding hydrogens is 288 g/mol. The summed E-state index contributed by atoms with van der Waals surface area (Å²) in [6.45, 7) is 3.85.